The van der Waals surface area contributed by atoms with Crippen molar-refractivity contribution < 1.29 is 9.59 Å². The molecule has 0 radical (unpaired) electrons. The first kappa shape index (κ1) is 15.5. The first-order valence-electron chi connectivity index (χ1n) is 7.17. The highest BCUT2D eigenvalue weighted by molar-refractivity contribution is 5.94. The second-order valence-corrected chi connectivity index (χ2v) is 5.82. The number of rotatable bonds is 2. The van der Waals surface area contributed by atoms with Gasteiger partial charge in [-0.2, -0.15) is 0 Å². The quantitative estimate of drug-likeness (QED) is 0.822. The van der Waals surface area contributed by atoms with Gasteiger partial charge in [0, 0.05) is 46.2 Å². The van der Waals surface area contributed by atoms with Crippen LogP contribution in [0.15, 0.2) is 24.3 Å². The molecule has 0 spiro atoms. The largest absolute Gasteiger partial charge is 0.345 e. The van der Waals surface area contributed by atoms with Gasteiger partial charge in [0.05, 0.1) is 6.04 Å². The van der Waals surface area contributed by atoms with Crippen molar-refractivity contribution in [1.29, 1.82) is 0 Å². The number of hydrogen-bond acceptors (Lipinski definition) is 3. The summed E-state index contributed by atoms with van der Waals surface area (Å²) < 4.78 is 0. The van der Waals surface area contributed by atoms with Crippen LogP contribution in [0.4, 0.5) is 0 Å². The number of carbonyl (C=O) groups is 2. The molecule has 21 heavy (non-hydrogen) atoms. The van der Waals surface area contributed by atoms with E-state index in [2.05, 4.69) is 11.9 Å². The summed E-state index contributed by atoms with van der Waals surface area (Å²) >= 11 is 0. The van der Waals surface area contributed by atoms with Gasteiger partial charge in [-0.25, -0.2) is 0 Å². The van der Waals surface area contributed by atoms with E-state index in [-0.39, 0.29) is 17.9 Å². The first-order valence-corrected chi connectivity index (χ1v) is 7.17. The van der Waals surface area contributed by atoms with Crippen LogP contribution in [0.5, 0.6) is 0 Å². The highest BCUT2D eigenvalue weighted by Crippen LogP contribution is 2.26. The van der Waals surface area contributed by atoms with Gasteiger partial charge in [-0.1, -0.05) is 12.1 Å². The van der Waals surface area contributed by atoms with Gasteiger partial charge < -0.3 is 14.7 Å². The Labute approximate surface area is 126 Å². The van der Waals surface area contributed by atoms with Crippen LogP contribution in [-0.2, 0) is 4.79 Å². The fourth-order valence-corrected chi connectivity index (χ4v) is 2.72. The lowest BCUT2D eigenvalue weighted by Crippen LogP contribution is -2.48. The highest BCUT2D eigenvalue weighted by atomic mass is 16.2. The third-order valence-electron chi connectivity index (χ3n) is 3.91. The normalized spacial score (nSPS) is 19.4. The SMILES string of the molecule is CC(=O)N1CCN(C)C[C@H]1c1cccc(C(=O)N(C)C)c1. The average Bonchev–Trinajstić information content (AvgIpc) is 2.46. The molecule has 1 aromatic carbocycles. The molecule has 5 heteroatoms. The topological polar surface area (TPSA) is 43.9 Å². The van der Waals surface area contributed by atoms with Gasteiger partial charge in [-0.3, -0.25) is 9.59 Å². The van der Waals surface area contributed by atoms with E-state index in [9.17, 15) is 9.59 Å². The lowest BCUT2D eigenvalue weighted by molar-refractivity contribution is -0.133. The van der Waals surface area contributed by atoms with Crippen LogP contribution in [0, 0.1) is 0 Å². The van der Waals surface area contributed by atoms with Crippen molar-refractivity contribution in [3.63, 3.8) is 0 Å². The molecule has 0 saturated carbocycles. The van der Waals surface area contributed by atoms with E-state index in [0.717, 1.165) is 25.2 Å². The molecule has 0 aromatic heterocycles. The molecule has 1 atom stereocenters. The number of nitrogens with zero attached hydrogens (tertiary/aromatic N) is 3. The Morgan fingerprint density at radius 3 is 2.57 bits per heavy atom. The van der Waals surface area contributed by atoms with Gasteiger partial charge in [0.2, 0.25) is 5.91 Å². The molecule has 1 aromatic rings. The van der Waals surface area contributed by atoms with Gasteiger partial charge in [-0.05, 0) is 24.7 Å². The highest BCUT2D eigenvalue weighted by Gasteiger charge is 2.28. The van der Waals surface area contributed by atoms with E-state index in [1.54, 1.807) is 25.9 Å². The van der Waals surface area contributed by atoms with E-state index in [1.807, 2.05) is 29.2 Å². The molecular weight excluding hydrogens is 266 g/mol. The zero-order chi connectivity index (χ0) is 15.6. The number of likely N-dealkylation sites (N-methyl/N-ethyl adjacent to an activating group) is 1. The summed E-state index contributed by atoms with van der Waals surface area (Å²) in [7, 11) is 5.54. The van der Waals surface area contributed by atoms with Crippen LogP contribution < -0.4 is 0 Å². The van der Waals surface area contributed by atoms with Crippen molar-refractivity contribution in [1.82, 2.24) is 14.7 Å². The van der Waals surface area contributed by atoms with Crippen LogP contribution in [0.3, 0.4) is 0 Å². The molecule has 1 heterocycles. The minimum atomic E-state index is -0.0182. The van der Waals surface area contributed by atoms with Crippen molar-refractivity contribution in [3.8, 4) is 0 Å². The predicted octanol–water partition coefficient (Wildman–Crippen LogP) is 1.22. The molecule has 0 aliphatic carbocycles. The van der Waals surface area contributed by atoms with Crippen LogP contribution >= 0.6 is 0 Å². The fraction of sp³-hybridized carbons (Fsp3) is 0.500. The van der Waals surface area contributed by atoms with Gasteiger partial charge in [0.25, 0.3) is 5.91 Å². The van der Waals surface area contributed by atoms with Gasteiger partial charge in [-0.15, -0.1) is 0 Å². The van der Waals surface area contributed by atoms with Crippen LogP contribution in [-0.4, -0.2) is 67.3 Å². The molecule has 2 amide bonds. The Balaban J connectivity index is 2.32. The van der Waals surface area contributed by atoms with Crippen molar-refractivity contribution in [2.75, 3.05) is 40.8 Å². The van der Waals surface area contributed by atoms with E-state index in [1.165, 1.54) is 0 Å². The Kier molecular flexibility index (Phi) is 4.63. The van der Waals surface area contributed by atoms with Crippen molar-refractivity contribution >= 4 is 11.8 Å². The zero-order valence-corrected chi connectivity index (χ0v) is 13.2. The maximum atomic E-state index is 12.1. The van der Waals surface area contributed by atoms with E-state index in [4.69, 9.17) is 0 Å². The second kappa shape index (κ2) is 6.26. The Bertz CT molecular complexity index is 542. The van der Waals surface area contributed by atoms with E-state index < -0.39 is 0 Å². The van der Waals surface area contributed by atoms with E-state index in [0.29, 0.717) is 5.56 Å². The van der Waals surface area contributed by atoms with Crippen LogP contribution in [0.1, 0.15) is 28.9 Å². The molecule has 0 bridgehead atoms. The minimum Gasteiger partial charge on any atom is -0.345 e. The van der Waals surface area contributed by atoms with Crippen molar-refractivity contribution in [3.05, 3.63) is 35.4 Å². The third kappa shape index (κ3) is 3.42. The van der Waals surface area contributed by atoms with E-state index >= 15 is 0 Å². The fourth-order valence-electron chi connectivity index (χ4n) is 2.72. The summed E-state index contributed by atoms with van der Waals surface area (Å²) in [5.41, 5.74) is 1.68. The summed E-state index contributed by atoms with van der Waals surface area (Å²) in [4.78, 5) is 29.6. The Morgan fingerprint density at radius 1 is 1.24 bits per heavy atom. The average molecular weight is 289 g/mol. The summed E-state index contributed by atoms with van der Waals surface area (Å²) in [5.74, 6) is 0.0628. The molecule has 1 aliphatic rings. The maximum Gasteiger partial charge on any atom is 0.253 e. The molecule has 0 N–H and O–H groups in total. The Morgan fingerprint density at radius 2 is 1.95 bits per heavy atom. The smallest absolute Gasteiger partial charge is 0.253 e. The lowest BCUT2D eigenvalue weighted by atomic mass is 9.99. The summed E-state index contributed by atoms with van der Waals surface area (Å²) in [5, 5.41) is 0. The standard InChI is InChI=1S/C16H23N3O2/c1-12(20)19-9-8-18(4)11-15(19)13-6-5-7-14(10-13)16(21)17(2)3/h5-7,10,15H,8-9,11H2,1-4H3/t15-/m0/s1. The lowest BCUT2D eigenvalue weighted by Gasteiger charge is -2.40. The summed E-state index contributed by atoms with van der Waals surface area (Å²) in [6.45, 7) is 4.00. The van der Waals surface area contributed by atoms with Crippen molar-refractivity contribution in [2.45, 2.75) is 13.0 Å². The van der Waals surface area contributed by atoms with Gasteiger partial charge in [0.15, 0.2) is 0 Å². The number of hydrogen-bond donors (Lipinski definition) is 0. The summed E-state index contributed by atoms with van der Waals surface area (Å²) in [6.07, 6.45) is 0. The molecule has 0 unspecified atom stereocenters. The van der Waals surface area contributed by atoms with Gasteiger partial charge >= 0.3 is 0 Å². The number of amides is 2. The Hall–Kier alpha value is -1.88. The molecule has 1 aliphatic heterocycles. The van der Waals surface area contributed by atoms with Crippen LogP contribution in [0.2, 0.25) is 0 Å². The second-order valence-electron chi connectivity index (χ2n) is 5.82. The zero-order valence-electron chi connectivity index (χ0n) is 13.2. The predicted molar refractivity (Wildman–Crippen MR) is 82.1 cm³/mol. The molecule has 1 fully saturated rings. The van der Waals surface area contributed by atoms with Crippen molar-refractivity contribution in [2.24, 2.45) is 0 Å². The summed E-state index contributed by atoms with van der Waals surface area (Å²) in [6, 6.07) is 7.61. The molecule has 1 saturated heterocycles. The molecule has 114 valence electrons. The number of carbonyl (C=O) groups excluding carboxylic acids is 2. The molecule has 5 nitrogen and oxygen atoms in total. The molecule has 2 rings (SSSR count). The third-order valence-corrected chi connectivity index (χ3v) is 3.91. The number of benzene rings is 1. The number of piperazine rings is 1. The first-order chi connectivity index (χ1) is 9.90. The van der Waals surface area contributed by atoms with Crippen LogP contribution in [0.25, 0.3) is 0 Å². The van der Waals surface area contributed by atoms with Gasteiger partial charge in [0.1, 0.15) is 0 Å². The minimum absolute atomic E-state index is 0.0103. The monoisotopic (exact) mass is 289 g/mol. The molecular formula is C16H23N3O2. The maximum absolute atomic E-state index is 12.1.